The fourth-order valence-electron chi connectivity index (χ4n) is 3.19. The summed E-state index contributed by atoms with van der Waals surface area (Å²) in [6, 6.07) is 8.80. The summed E-state index contributed by atoms with van der Waals surface area (Å²) in [5, 5.41) is 9.15. The van der Waals surface area contributed by atoms with E-state index in [1.807, 2.05) is 19.1 Å². The van der Waals surface area contributed by atoms with Gasteiger partial charge >= 0.3 is 5.97 Å². The van der Waals surface area contributed by atoms with Gasteiger partial charge in [-0.05, 0) is 57.9 Å². The van der Waals surface area contributed by atoms with Crippen LogP contribution in [0.4, 0.5) is 0 Å². The lowest BCUT2D eigenvalue weighted by Crippen LogP contribution is -2.43. The molecular weight excluding hydrogens is 266 g/mol. The summed E-state index contributed by atoms with van der Waals surface area (Å²) in [4.78, 5) is 13.5. The van der Waals surface area contributed by atoms with Crippen molar-refractivity contribution in [3.63, 3.8) is 0 Å². The molecule has 0 aromatic heterocycles. The minimum atomic E-state index is -0.657. The van der Waals surface area contributed by atoms with Crippen LogP contribution in [0.25, 0.3) is 0 Å². The van der Waals surface area contributed by atoms with Gasteiger partial charge < -0.3 is 9.84 Å². The van der Waals surface area contributed by atoms with E-state index in [2.05, 4.69) is 30.9 Å². The van der Waals surface area contributed by atoms with Crippen molar-refractivity contribution < 1.29 is 14.6 Å². The molecule has 0 bridgehead atoms. The number of carboxylic acid groups (broad SMARTS) is 1. The third-order valence-corrected chi connectivity index (χ3v) is 4.45. The van der Waals surface area contributed by atoms with Crippen LogP contribution in [0.3, 0.4) is 0 Å². The number of likely N-dealkylation sites (tertiary alicyclic amines) is 1. The topological polar surface area (TPSA) is 49.8 Å². The summed E-state index contributed by atoms with van der Waals surface area (Å²) in [7, 11) is 0. The number of rotatable bonds is 5. The third kappa shape index (κ3) is 3.76. The molecule has 1 N–H and O–H groups in total. The minimum Gasteiger partial charge on any atom is -0.494 e. The zero-order valence-electron chi connectivity index (χ0n) is 13.1. The molecule has 1 fully saturated rings. The Labute approximate surface area is 126 Å². The van der Waals surface area contributed by atoms with Crippen LogP contribution in [0.5, 0.6) is 5.75 Å². The summed E-state index contributed by atoms with van der Waals surface area (Å²) in [5.41, 5.74) is 1.25. The molecule has 116 valence electrons. The van der Waals surface area contributed by atoms with Crippen LogP contribution in [0, 0.1) is 5.92 Å². The molecule has 0 radical (unpaired) electrons. The SMILES string of the molecule is CCOc1ccc(C(C)N2CCC(C(=O)O)CC2C)cc1. The van der Waals surface area contributed by atoms with Crippen molar-refractivity contribution in [1.29, 1.82) is 0 Å². The number of piperidine rings is 1. The maximum absolute atomic E-state index is 11.1. The number of aliphatic carboxylic acids is 1. The first-order valence-corrected chi connectivity index (χ1v) is 7.74. The van der Waals surface area contributed by atoms with E-state index in [0.29, 0.717) is 18.7 Å². The van der Waals surface area contributed by atoms with E-state index in [9.17, 15) is 4.79 Å². The first-order chi connectivity index (χ1) is 10.0. The number of benzene rings is 1. The Morgan fingerprint density at radius 2 is 2.10 bits per heavy atom. The Balaban J connectivity index is 2.02. The van der Waals surface area contributed by atoms with Gasteiger partial charge in [-0.3, -0.25) is 9.69 Å². The molecule has 1 aliphatic rings. The first-order valence-electron chi connectivity index (χ1n) is 7.74. The van der Waals surface area contributed by atoms with E-state index in [0.717, 1.165) is 25.1 Å². The lowest BCUT2D eigenvalue weighted by Gasteiger charge is -2.40. The minimum absolute atomic E-state index is 0.191. The normalized spacial score (nSPS) is 24.5. The Bertz CT molecular complexity index is 471. The van der Waals surface area contributed by atoms with Crippen molar-refractivity contribution in [2.45, 2.75) is 45.7 Å². The van der Waals surface area contributed by atoms with Crippen molar-refractivity contribution in [1.82, 2.24) is 4.90 Å². The van der Waals surface area contributed by atoms with E-state index >= 15 is 0 Å². The predicted octanol–water partition coefficient (Wildman–Crippen LogP) is 3.33. The van der Waals surface area contributed by atoms with Crippen LogP contribution >= 0.6 is 0 Å². The van der Waals surface area contributed by atoms with Gasteiger partial charge in [0.1, 0.15) is 5.75 Å². The van der Waals surface area contributed by atoms with Crippen LogP contribution in [0.15, 0.2) is 24.3 Å². The predicted molar refractivity (Wildman–Crippen MR) is 82.6 cm³/mol. The van der Waals surface area contributed by atoms with Crippen molar-refractivity contribution in [3.05, 3.63) is 29.8 Å². The van der Waals surface area contributed by atoms with Crippen LogP contribution in [0.2, 0.25) is 0 Å². The van der Waals surface area contributed by atoms with Gasteiger partial charge in [-0.15, -0.1) is 0 Å². The van der Waals surface area contributed by atoms with Gasteiger partial charge in [-0.1, -0.05) is 12.1 Å². The largest absolute Gasteiger partial charge is 0.494 e. The van der Waals surface area contributed by atoms with Crippen molar-refractivity contribution in [3.8, 4) is 5.75 Å². The third-order valence-electron chi connectivity index (χ3n) is 4.45. The van der Waals surface area contributed by atoms with Crippen molar-refractivity contribution in [2.24, 2.45) is 5.92 Å². The zero-order chi connectivity index (χ0) is 15.4. The van der Waals surface area contributed by atoms with Gasteiger partial charge in [0, 0.05) is 12.1 Å². The summed E-state index contributed by atoms with van der Waals surface area (Å²) in [6.07, 6.45) is 1.47. The molecule has 4 heteroatoms. The zero-order valence-corrected chi connectivity index (χ0v) is 13.1. The van der Waals surface area contributed by atoms with E-state index in [1.165, 1.54) is 5.56 Å². The van der Waals surface area contributed by atoms with Crippen LogP contribution in [-0.2, 0) is 4.79 Å². The molecule has 0 spiro atoms. The number of nitrogens with zero attached hydrogens (tertiary/aromatic N) is 1. The van der Waals surface area contributed by atoms with E-state index in [1.54, 1.807) is 0 Å². The van der Waals surface area contributed by atoms with Gasteiger partial charge in [-0.25, -0.2) is 0 Å². The first kappa shape index (κ1) is 15.8. The monoisotopic (exact) mass is 291 g/mol. The van der Waals surface area contributed by atoms with Gasteiger partial charge in [0.15, 0.2) is 0 Å². The van der Waals surface area contributed by atoms with Crippen LogP contribution in [0.1, 0.15) is 45.2 Å². The number of ether oxygens (including phenoxy) is 1. The van der Waals surface area contributed by atoms with E-state index in [-0.39, 0.29) is 5.92 Å². The molecule has 21 heavy (non-hydrogen) atoms. The van der Waals surface area contributed by atoms with E-state index in [4.69, 9.17) is 9.84 Å². The highest BCUT2D eigenvalue weighted by Crippen LogP contribution is 2.31. The van der Waals surface area contributed by atoms with E-state index < -0.39 is 5.97 Å². The molecule has 1 aromatic carbocycles. The Morgan fingerprint density at radius 1 is 1.43 bits per heavy atom. The van der Waals surface area contributed by atoms with Gasteiger partial charge in [0.2, 0.25) is 0 Å². The van der Waals surface area contributed by atoms with Crippen LogP contribution in [-0.4, -0.2) is 35.2 Å². The number of carbonyl (C=O) groups is 1. The molecule has 1 aromatic rings. The van der Waals surface area contributed by atoms with Gasteiger partial charge in [0.25, 0.3) is 0 Å². The van der Waals surface area contributed by atoms with Crippen LogP contribution < -0.4 is 4.74 Å². The average molecular weight is 291 g/mol. The maximum atomic E-state index is 11.1. The second-order valence-corrected chi connectivity index (χ2v) is 5.82. The number of carboxylic acids is 1. The highest BCUT2D eigenvalue weighted by Gasteiger charge is 2.32. The lowest BCUT2D eigenvalue weighted by molar-refractivity contribution is -0.144. The molecule has 0 saturated carbocycles. The maximum Gasteiger partial charge on any atom is 0.306 e. The average Bonchev–Trinajstić information content (AvgIpc) is 2.47. The Kier molecular flexibility index (Phi) is 5.23. The molecule has 1 aliphatic heterocycles. The number of hydrogen-bond acceptors (Lipinski definition) is 3. The summed E-state index contributed by atoms with van der Waals surface area (Å²) in [6.45, 7) is 7.80. The Morgan fingerprint density at radius 3 is 2.62 bits per heavy atom. The quantitative estimate of drug-likeness (QED) is 0.904. The molecule has 3 unspecified atom stereocenters. The molecule has 0 amide bonds. The second-order valence-electron chi connectivity index (χ2n) is 5.82. The van der Waals surface area contributed by atoms with Crippen molar-refractivity contribution >= 4 is 5.97 Å². The molecule has 2 rings (SSSR count). The molecule has 0 aliphatic carbocycles. The fourth-order valence-corrected chi connectivity index (χ4v) is 3.19. The smallest absolute Gasteiger partial charge is 0.306 e. The van der Waals surface area contributed by atoms with Gasteiger partial charge in [0.05, 0.1) is 12.5 Å². The van der Waals surface area contributed by atoms with Crippen molar-refractivity contribution in [2.75, 3.05) is 13.2 Å². The summed E-state index contributed by atoms with van der Waals surface area (Å²) >= 11 is 0. The summed E-state index contributed by atoms with van der Waals surface area (Å²) in [5.74, 6) is 0.0464. The molecule has 4 nitrogen and oxygen atoms in total. The highest BCUT2D eigenvalue weighted by atomic mass is 16.5. The molecule has 3 atom stereocenters. The summed E-state index contributed by atoms with van der Waals surface area (Å²) < 4.78 is 5.47. The standard InChI is InChI=1S/C17H25NO3/c1-4-21-16-7-5-14(6-8-16)13(3)18-10-9-15(17(19)20)11-12(18)2/h5-8,12-13,15H,4,9-11H2,1-3H3,(H,19,20). The second kappa shape index (κ2) is 6.94. The molecule has 1 saturated heterocycles. The number of hydrogen-bond donors (Lipinski definition) is 1. The molecular formula is C17H25NO3. The highest BCUT2D eigenvalue weighted by molar-refractivity contribution is 5.70. The van der Waals surface area contributed by atoms with Gasteiger partial charge in [-0.2, -0.15) is 0 Å². The molecule has 1 heterocycles. The Hall–Kier alpha value is -1.55. The fraction of sp³-hybridized carbons (Fsp3) is 0.588. The lowest BCUT2D eigenvalue weighted by atomic mass is 9.89.